The molecule has 0 aliphatic heterocycles. The Labute approximate surface area is 91.7 Å². The fraction of sp³-hybridized carbons (Fsp3) is 0.750. The van der Waals surface area contributed by atoms with Crippen LogP contribution in [-0.4, -0.2) is 16.9 Å². The number of carbonyl (C=O) groups is 2. The predicted molar refractivity (Wildman–Crippen MR) is 41.3 cm³/mol. The van der Waals surface area contributed by atoms with E-state index in [4.69, 9.17) is 5.11 Å². The second-order valence-electron chi connectivity index (χ2n) is 2.65. The van der Waals surface area contributed by atoms with Crippen LogP contribution in [0.25, 0.3) is 0 Å². The van der Waals surface area contributed by atoms with Crippen LogP contribution in [-0.2, 0) is 35.8 Å². The molecule has 0 aliphatic rings. The summed E-state index contributed by atoms with van der Waals surface area (Å²) in [4.78, 5) is 21.7. The van der Waals surface area contributed by atoms with Gasteiger partial charge in [-0.05, 0) is 19.8 Å². The summed E-state index contributed by atoms with van der Waals surface area (Å²) < 4.78 is 0. The number of ketones is 1. The van der Waals surface area contributed by atoms with Gasteiger partial charge in [0.05, 0.1) is 0 Å². The zero-order valence-corrected chi connectivity index (χ0v) is 10.1. The van der Waals surface area contributed by atoms with Gasteiger partial charge >= 0.3 is 5.97 Å². The molecule has 4 heteroatoms. The third-order valence-corrected chi connectivity index (χ3v) is 2.29. The van der Waals surface area contributed by atoms with Crippen molar-refractivity contribution in [2.24, 2.45) is 5.41 Å². The molecule has 0 rings (SSSR count). The fourth-order valence-electron chi connectivity index (χ4n) is 1.20. The molecule has 0 aliphatic carbocycles. The molecule has 0 unspecified atom stereocenters. The Bertz CT molecular complexity index is 157. The van der Waals surface area contributed by atoms with Crippen molar-refractivity contribution < 1.29 is 40.9 Å². The standard InChI is InChI=1S/C8H14O3.Zr/c1-4-8(5-2,6(3)9)7(10)11;/h4-5H2,1-3H3,(H,10,11);. The van der Waals surface area contributed by atoms with Crippen molar-refractivity contribution in [3.05, 3.63) is 0 Å². The molecule has 0 aromatic heterocycles. The summed E-state index contributed by atoms with van der Waals surface area (Å²) >= 11 is 0. The largest absolute Gasteiger partial charge is 0.480 e. The van der Waals surface area contributed by atoms with Crippen LogP contribution in [0.3, 0.4) is 0 Å². The van der Waals surface area contributed by atoms with E-state index in [2.05, 4.69) is 0 Å². The van der Waals surface area contributed by atoms with Gasteiger partial charge in [-0.3, -0.25) is 9.59 Å². The van der Waals surface area contributed by atoms with Crippen molar-refractivity contribution in [3.63, 3.8) is 0 Å². The zero-order valence-electron chi connectivity index (χ0n) is 7.68. The summed E-state index contributed by atoms with van der Waals surface area (Å²) in [5.41, 5.74) is -1.14. The van der Waals surface area contributed by atoms with Gasteiger partial charge in [0.25, 0.3) is 0 Å². The molecule has 0 radical (unpaired) electrons. The molecule has 1 N–H and O–H groups in total. The van der Waals surface area contributed by atoms with Gasteiger partial charge in [-0.1, -0.05) is 13.8 Å². The third kappa shape index (κ3) is 2.51. The van der Waals surface area contributed by atoms with E-state index in [1.165, 1.54) is 6.92 Å². The second kappa shape index (κ2) is 5.63. The van der Waals surface area contributed by atoms with Gasteiger partial charge in [0.15, 0.2) is 0 Å². The minimum atomic E-state index is -1.14. The molecule has 68 valence electrons. The van der Waals surface area contributed by atoms with Gasteiger partial charge in [0.2, 0.25) is 0 Å². The molecule has 0 saturated carbocycles. The molecule has 0 heterocycles. The van der Waals surface area contributed by atoms with Crippen LogP contribution >= 0.6 is 0 Å². The molecule has 0 aromatic carbocycles. The molecular formula is C8H14O3Zr. The first-order chi connectivity index (χ1) is 5.01. The van der Waals surface area contributed by atoms with Crippen LogP contribution in [0, 0.1) is 5.41 Å². The molecule has 0 saturated heterocycles. The summed E-state index contributed by atoms with van der Waals surface area (Å²) in [5.74, 6) is -1.26. The van der Waals surface area contributed by atoms with Crippen molar-refractivity contribution in [1.82, 2.24) is 0 Å². The van der Waals surface area contributed by atoms with Crippen LogP contribution < -0.4 is 0 Å². The molecular weight excluding hydrogens is 235 g/mol. The Morgan fingerprint density at radius 1 is 1.25 bits per heavy atom. The van der Waals surface area contributed by atoms with Crippen molar-refractivity contribution in [3.8, 4) is 0 Å². The third-order valence-electron chi connectivity index (χ3n) is 2.29. The van der Waals surface area contributed by atoms with Crippen molar-refractivity contribution in [2.45, 2.75) is 33.6 Å². The summed E-state index contributed by atoms with van der Waals surface area (Å²) in [5, 5.41) is 8.77. The maximum absolute atomic E-state index is 11.0. The Hall–Kier alpha value is 0.0231. The number of carboxylic acids is 1. The topological polar surface area (TPSA) is 54.4 Å². The Morgan fingerprint density at radius 3 is 1.58 bits per heavy atom. The van der Waals surface area contributed by atoms with Crippen LogP contribution in [0.4, 0.5) is 0 Å². The number of carbonyl (C=O) groups excluding carboxylic acids is 1. The van der Waals surface area contributed by atoms with Gasteiger partial charge in [0.1, 0.15) is 11.2 Å². The van der Waals surface area contributed by atoms with Crippen molar-refractivity contribution in [2.75, 3.05) is 0 Å². The van der Waals surface area contributed by atoms with E-state index in [9.17, 15) is 9.59 Å². The maximum atomic E-state index is 11.0. The normalized spacial score (nSPS) is 10.2. The molecule has 0 spiro atoms. The van der Waals surface area contributed by atoms with E-state index in [1.54, 1.807) is 13.8 Å². The van der Waals surface area contributed by atoms with E-state index in [1.807, 2.05) is 0 Å². The number of Topliss-reactive ketones (excluding diaryl/α,β-unsaturated/α-hetero) is 1. The molecule has 12 heavy (non-hydrogen) atoms. The Balaban J connectivity index is 0. The minimum absolute atomic E-state index is 0. The predicted octanol–water partition coefficient (Wildman–Crippen LogP) is 1.46. The zero-order chi connectivity index (χ0) is 9.07. The van der Waals surface area contributed by atoms with E-state index < -0.39 is 11.4 Å². The van der Waals surface area contributed by atoms with E-state index in [0.717, 1.165) is 0 Å². The van der Waals surface area contributed by atoms with Gasteiger partial charge in [-0.2, -0.15) is 0 Å². The van der Waals surface area contributed by atoms with Crippen LogP contribution in [0.5, 0.6) is 0 Å². The van der Waals surface area contributed by atoms with Crippen molar-refractivity contribution >= 4 is 11.8 Å². The van der Waals surface area contributed by atoms with Gasteiger partial charge in [-0.25, -0.2) is 0 Å². The number of hydrogen-bond donors (Lipinski definition) is 1. The maximum Gasteiger partial charge on any atom is 0.317 e. The summed E-state index contributed by atoms with van der Waals surface area (Å²) in [6, 6.07) is 0. The molecule has 0 aromatic rings. The molecule has 0 fully saturated rings. The molecule has 0 amide bonds. The first kappa shape index (κ1) is 14.5. The monoisotopic (exact) mass is 248 g/mol. The number of carboxylic acid groups (broad SMARTS) is 1. The summed E-state index contributed by atoms with van der Waals surface area (Å²) in [6.07, 6.45) is 0.738. The Kier molecular flexibility index (Phi) is 6.82. The first-order valence-corrected chi connectivity index (χ1v) is 3.75. The van der Waals surface area contributed by atoms with Crippen LogP contribution in [0.2, 0.25) is 0 Å². The quantitative estimate of drug-likeness (QED) is 0.768. The van der Waals surface area contributed by atoms with Gasteiger partial charge in [-0.15, -0.1) is 0 Å². The van der Waals surface area contributed by atoms with Gasteiger partial charge in [0, 0.05) is 26.2 Å². The summed E-state index contributed by atoms with van der Waals surface area (Å²) in [7, 11) is 0. The molecule has 0 bridgehead atoms. The van der Waals surface area contributed by atoms with Crippen molar-refractivity contribution in [1.29, 1.82) is 0 Å². The average Bonchev–Trinajstić information content (AvgIpc) is 1.90. The smallest absolute Gasteiger partial charge is 0.317 e. The van der Waals surface area contributed by atoms with E-state index in [0.29, 0.717) is 12.8 Å². The SMILES string of the molecule is CCC(CC)(C(C)=O)C(=O)O.[Zr]. The first-order valence-electron chi connectivity index (χ1n) is 3.75. The number of aliphatic carboxylic acids is 1. The number of rotatable bonds is 4. The fourth-order valence-corrected chi connectivity index (χ4v) is 1.20. The minimum Gasteiger partial charge on any atom is -0.480 e. The molecule has 0 atom stereocenters. The van der Waals surface area contributed by atoms with Crippen LogP contribution in [0.1, 0.15) is 33.6 Å². The van der Waals surface area contributed by atoms with E-state index >= 15 is 0 Å². The Morgan fingerprint density at radius 2 is 1.58 bits per heavy atom. The van der Waals surface area contributed by atoms with E-state index in [-0.39, 0.29) is 32.0 Å². The van der Waals surface area contributed by atoms with Gasteiger partial charge < -0.3 is 5.11 Å². The summed E-state index contributed by atoms with van der Waals surface area (Å²) in [6.45, 7) is 4.78. The number of hydrogen-bond acceptors (Lipinski definition) is 2. The van der Waals surface area contributed by atoms with Crippen LogP contribution in [0.15, 0.2) is 0 Å². The molecule has 3 nitrogen and oxygen atoms in total. The average molecular weight is 249 g/mol. The second-order valence-corrected chi connectivity index (χ2v) is 2.65.